The minimum Gasteiger partial charge on any atom is -0.341 e. The zero-order valence-corrected chi connectivity index (χ0v) is 13.5. The smallest absolute Gasteiger partial charge is 0.264 e. The van der Waals surface area contributed by atoms with Gasteiger partial charge in [0.15, 0.2) is 0 Å². The van der Waals surface area contributed by atoms with Crippen LogP contribution in [0.25, 0.3) is 0 Å². The molecule has 0 aliphatic carbocycles. The Labute approximate surface area is 129 Å². The van der Waals surface area contributed by atoms with E-state index in [9.17, 15) is 9.59 Å². The van der Waals surface area contributed by atoms with Gasteiger partial charge in [0, 0.05) is 20.1 Å². The molecular formula is C15H23N3O2S. The lowest BCUT2D eigenvalue weighted by atomic mass is 9.98. The van der Waals surface area contributed by atoms with Crippen molar-refractivity contribution in [3.8, 4) is 0 Å². The minimum absolute atomic E-state index is 0.0446. The molecule has 1 aromatic rings. The molecule has 2 amide bonds. The summed E-state index contributed by atoms with van der Waals surface area (Å²) < 4.78 is 0. The zero-order chi connectivity index (χ0) is 15.2. The number of hydrogen-bond donors (Lipinski definition) is 1. The van der Waals surface area contributed by atoms with Crippen LogP contribution in [-0.4, -0.2) is 61.9 Å². The summed E-state index contributed by atoms with van der Waals surface area (Å²) >= 11 is 1.40. The first-order valence-corrected chi connectivity index (χ1v) is 8.21. The molecule has 0 aromatic carbocycles. The molecule has 2 heterocycles. The summed E-state index contributed by atoms with van der Waals surface area (Å²) in [7, 11) is 3.63. The van der Waals surface area contributed by atoms with Gasteiger partial charge in [0.25, 0.3) is 5.91 Å². The number of likely N-dealkylation sites (tertiary alicyclic amines) is 1. The Morgan fingerprint density at radius 1 is 1.52 bits per heavy atom. The van der Waals surface area contributed by atoms with Gasteiger partial charge >= 0.3 is 0 Å². The summed E-state index contributed by atoms with van der Waals surface area (Å²) in [6, 6.07) is 3.64. The number of amides is 2. The quantitative estimate of drug-likeness (QED) is 0.891. The second-order valence-electron chi connectivity index (χ2n) is 5.54. The van der Waals surface area contributed by atoms with Crippen molar-refractivity contribution in [1.82, 2.24) is 15.1 Å². The van der Waals surface area contributed by atoms with Crippen LogP contribution < -0.4 is 5.32 Å². The second-order valence-corrected chi connectivity index (χ2v) is 6.49. The van der Waals surface area contributed by atoms with Gasteiger partial charge in [-0.05, 0) is 43.8 Å². The Kier molecular flexibility index (Phi) is 5.76. The number of carbonyl (C=O) groups excluding carboxylic acids is 2. The van der Waals surface area contributed by atoms with Gasteiger partial charge in [-0.1, -0.05) is 6.07 Å². The van der Waals surface area contributed by atoms with E-state index in [1.165, 1.54) is 16.2 Å². The van der Waals surface area contributed by atoms with Crippen LogP contribution in [0.5, 0.6) is 0 Å². The average molecular weight is 309 g/mol. The minimum atomic E-state index is -0.0814. The van der Waals surface area contributed by atoms with Crippen LogP contribution in [0.4, 0.5) is 0 Å². The van der Waals surface area contributed by atoms with E-state index >= 15 is 0 Å². The number of rotatable bonds is 5. The van der Waals surface area contributed by atoms with E-state index in [-0.39, 0.29) is 18.4 Å². The Morgan fingerprint density at radius 3 is 3.00 bits per heavy atom. The predicted molar refractivity (Wildman–Crippen MR) is 84.5 cm³/mol. The Morgan fingerprint density at radius 2 is 2.33 bits per heavy atom. The molecule has 1 fully saturated rings. The summed E-state index contributed by atoms with van der Waals surface area (Å²) in [5.74, 6) is 0.483. The van der Waals surface area contributed by atoms with Gasteiger partial charge in [0.2, 0.25) is 5.91 Å². The van der Waals surface area contributed by atoms with Crippen molar-refractivity contribution in [2.24, 2.45) is 5.92 Å². The number of carbonyl (C=O) groups is 2. The lowest BCUT2D eigenvalue weighted by Gasteiger charge is -2.33. The van der Waals surface area contributed by atoms with Crippen LogP contribution >= 0.6 is 11.3 Å². The summed E-state index contributed by atoms with van der Waals surface area (Å²) in [6.45, 7) is 2.69. The maximum absolute atomic E-state index is 12.3. The molecule has 1 aliphatic heterocycles. The third-order valence-corrected chi connectivity index (χ3v) is 4.67. The van der Waals surface area contributed by atoms with E-state index < -0.39 is 0 Å². The summed E-state index contributed by atoms with van der Waals surface area (Å²) in [5, 5.41) is 5.04. The van der Waals surface area contributed by atoms with Crippen LogP contribution in [-0.2, 0) is 4.79 Å². The SMILES string of the molecule is CNCC1CCCN(C(=O)CN(C)C(=O)c2cccs2)C1. The highest BCUT2D eigenvalue weighted by Crippen LogP contribution is 2.16. The van der Waals surface area contributed by atoms with Crippen LogP contribution in [0.2, 0.25) is 0 Å². The first-order valence-electron chi connectivity index (χ1n) is 7.33. The Balaban J connectivity index is 1.87. The molecular weight excluding hydrogens is 286 g/mol. The highest BCUT2D eigenvalue weighted by molar-refractivity contribution is 7.12. The number of thiophene rings is 1. The van der Waals surface area contributed by atoms with Gasteiger partial charge in [-0.3, -0.25) is 9.59 Å². The van der Waals surface area contributed by atoms with Gasteiger partial charge in [0.05, 0.1) is 11.4 Å². The molecule has 5 nitrogen and oxygen atoms in total. The Hall–Kier alpha value is -1.40. The van der Waals surface area contributed by atoms with Gasteiger partial charge in [-0.15, -0.1) is 11.3 Å². The first kappa shape index (κ1) is 16.0. The van der Waals surface area contributed by atoms with E-state index in [4.69, 9.17) is 0 Å². The Bertz CT molecular complexity index is 473. The molecule has 6 heteroatoms. The normalized spacial score (nSPS) is 18.6. The van der Waals surface area contributed by atoms with Crippen molar-refractivity contribution >= 4 is 23.2 Å². The van der Waals surface area contributed by atoms with E-state index in [1.54, 1.807) is 13.1 Å². The maximum atomic E-state index is 12.3. The fraction of sp³-hybridized carbons (Fsp3) is 0.600. The van der Waals surface area contributed by atoms with E-state index in [2.05, 4.69) is 5.32 Å². The van der Waals surface area contributed by atoms with Gasteiger partial charge < -0.3 is 15.1 Å². The highest BCUT2D eigenvalue weighted by atomic mass is 32.1. The third-order valence-electron chi connectivity index (χ3n) is 3.82. The lowest BCUT2D eigenvalue weighted by Crippen LogP contribution is -2.46. The topological polar surface area (TPSA) is 52.7 Å². The molecule has 2 rings (SSSR count). The number of likely N-dealkylation sites (N-methyl/N-ethyl adjacent to an activating group) is 1. The number of nitrogens with zero attached hydrogens (tertiary/aromatic N) is 2. The largest absolute Gasteiger partial charge is 0.341 e. The standard InChI is InChI=1S/C15H23N3O2S/c1-16-9-12-5-3-7-18(10-12)14(19)11-17(2)15(20)13-6-4-8-21-13/h4,6,8,12,16H,3,5,7,9-11H2,1-2H3. The van der Waals surface area contributed by atoms with E-state index in [1.807, 2.05) is 23.4 Å². The van der Waals surface area contributed by atoms with Gasteiger partial charge in [-0.25, -0.2) is 0 Å². The molecule has 0 radical (unpaired) electrons. The van der Waals surface area contributed by atoms with Crippen molar-refractivity contribution in [2.75, 3.05) is 40.3 Å². The third kappa shape index (κ3) is 4.28. The lowest BCUT2D eigenvalue weighted by molar-refractivity contribution is -0.133. The van der Waals surface area contributed by atoms with Crippen molar-refractivity contribution < 1.29 is 9.59 Å². The maximum Gasteiger partial charge on any atom is 0.264 e. The highest BCUT2D eigenvalue weighted by Gasteiger charge is 2.25. The zero-order valence-electron chi connectivity index (χ0n) is 12.7. The van der Waals surface area contributed by atoms with Crippen LogP contribution in [0.1, 0.15) is 22.5 Å². The van der Waals surface area contributed by atoms with Gasteiger partial charge in [0.1, 0.15) is 0 Å². The van der Waals surface area contributed by atoms with Crippen LogP contribution in [0.3, 0.4) is 0 Å². The molecule has 21 heavy (non-hydrogen) atoms. The van der Waals surface area contributed by atoms with Crippen LogP contribution in [0, 0.1) is 5.92 Å². The van der Waals surface area contributed by atoms with Gasteiger partial charge in [-0.2, -0.15) is 0 Å². The van der Waals surface area contributed by atoms with Crippen molar-refractivity contribution in [3.05, 3.63) is 22.4 Å². The number of nitrogens with one attached hydrogen (secondary N) is 1. The molecule has 1 N–H and O–H groups in total. The fourth-order valence-corrected chi connectivity index (χ4v) is 3.43. The number of piperidine rings is 1. The molecule has 1 unspecified atom stereocenters. The molecule has 1 aliphatic rings. The average Bonchev–Trinajstić information content (AvgIpc) is 3.01. The first-order chi connectivity index (χ1) is 10.1. The second kappa shape index (κ2) is 7.56. The molecule has 0 spiro atoms. The molecule has 1 saturated heterocycles. The summed E-state index contributed by atoms with van der Waals surface area (Å²) in [5.41, 5.74) is 0. The van der Waals surface area contributed by atoms with E-state index in [0.29, 0.717) is 10.8 Å². The summed E-state index contributed by atoms with van der Waals surface area (Å²) in [4.78, 5) is 28.6. The molecule has 0 bridgehead atoms. The van der Waals surface area contributed by atoms with Crippen molar-refractivity contribution in [3.63, 3.8) is 0 Å². The van der Waals surface area contributed by atoms with E-state index in [0.717, 1.165) is 32.5 Å². The fourth-order valence-electron chi connectivity index (χ4n) is 2.71. The molecule has 1 atom stereocenters. The summed E-state index contributed by atoms with van der Waals surface area (Å²) in [6.07, 6.45) is 2.20. The van der Waals surface area contributed by atoms with Crippen LogP contribution in [0.15, 0.2) is 17.5 Å². The molecule has 1 aromatic heterocycles. The van der Waals surface area contributed by atoms with Crippen molar-refractivity contribution in [2.45, 2.75) is 12.8 Å². The monoisotopic (exact) mass is 309 g/mol. The van der Waals surface area contributed by atoms with Crippen molar-refractivity contribution in [1.29, 1.82) is 0 Å². The molecule has 116 valence electrons. The molecule has 0 saturated carbocycles. The number of hydrogen-bond acceptors (Lipinski definition) is 4. The predicted octanol–water partition coefficient (Wildman–Crippen LogP) is 1.28.